The summed E-state index contributed by atoms with van der Waals surface area (Å²) in [5, 5.41) is 4.32. The zero-order valence-corrected chi connectivity index (χ0v) is 6.85. The predicted octanol–water partition coefficient (Wildman–Crippen LogP) is 1.01. The predicted molar refractivity (Wildman–Crippen MR) is 43.1 cm³/mol. The minimum atomic E-state index is -0.488. The third kappa shape index (κ3) is 1.24. The van der Waals surface area contributed by atoms with Crippen molar-refractivity contribution in [3.05, 3.63) is 24.2 Å². The van der Waals surface area contributed by atoms with Crippen LogP contribution in [-0.2, 0) is 4.74 Å². The Morgan fingerprint density at radius 2 is 2.38 bits per heavy atom. The molecule has 0 aliphatic rings. The van der Waals surface area contributed by atoms with Gasteiger partial charge in [-0.15, -0.1) is 0 Å². The van der Waals surface area contributed by atoms with Gasteiger partial charge in [-0.1, -0.05) is 5.16 Å². The molecule has 0 radical (unpaired) electrons. The van der Waals surface area contributed by atoms with Crippen molar-refractivity contribution in [1.82, 2.24) is 10.1 Å². The van der Waals surface area contributed by atoms with Crippen LogP contribution >= 0.6 is 0 Å². The van der Waals surface area contributed by atoms with Crippen molar-refractivity contribution in [2.24, 2.45) is 0 Å². The van der Waals surface area contributed by atoms with Gasteiger partial charge in [-0.25, -0.2) is 9.78 Å². The first-order chi connectivity index (χ1) is 6.31. The van der Waals surface area contributed by atoms with Crippen molar-refractivity contribution in [2.75, 3.05) is 7.11 Å². The summed E-state index contributed by atoms with van der Waals surface area (Å²) < 4.78 is 9.35. The van der Waals surface area contributed by atoms with Crippen molar-refractivity contribution in [3.63, 3.8) is 0 Å². The highest BCUT2D eigenvalue weighted by Crippen LogP contribution is 2.12. The van der Waals surface area contributed by atoms with E-state index in [0.29, 0.717) is 5.58 Å². The second-order valence-corrected chi connectivity index (χ2v) is 2.42. The van der Waals surface area contributed by atoms with E-state index in [1.807, 2.05) is 0 Å². The number of methoxy groups -OCH3 is 1. The van der Waals surface area contributed by atoms with Crippen molar-refractivity contribution < 1.29 is 14.1 Å². The first kappa shape index (κ1) is 7.72. The molecule has 0 spiro atoms. The second kappa shape index (κ2) is 2.85. The lowest BCUT2D eigenvalue weighted by atomic mass is 10.3. The van der Waals surface area contributed by atoms with Crippen LogP contribution in [0.5, 0.6) is 0 Å². The molecule has 0 bridgehead atoms. The zero-order valence-electron chi connectivity index (χ0n) is 6.85. The fourth-order valence-corrected chi connectivity index (χ4v) is 0.980. The maximum Gasteiger partial charge on any atom is 0.356 e. The molecule has 5 heteroatoms. The summed E-state index contributed by atoms with van der Waals surface area (Å²) in [6, 6.07) is 1.49. The maximum atomic E-state index is 11.0. The fraction of sp³-hybridized carbons (Fsp3) is 0.125. The van der Waals surface area contributed by atoms with E-state index in [1.54, 1.807) is 0 Å². The molecule has 0 unspecified atom stereocenters. The largest absolute Gasteiger partial charge is 0.464 e. The van der Waals surface area contributed by atoms with Crippen LogP contribution in [0, 0.1) is 0 Å². The topological polar surface area (TPSA) is 65.2 Å². The molecule has 0 saturated heterocycles. The van der Waals surface area contributed by atoms with Gasteiger partial charge in [-0.05, 0) is 0 Å². The van der Waals surface area contributed by atoms with Gasteiger partial charge in [0.2, 0.25) is 0 Å². The maximum absolute atomic E-state index is 11.0. The number of rotatable bonds is 1. The molecule has 2 aromatic rings. The number of nitrogens with zero attached hydrogens (tertiary/aromatic N) is 2. The third-order valence-electron chi connectivity index (χ3n) is 1.63. The Balaban J connectivity index is 2.54. The minimum Gasteiger partial charge on any atom is -0.464 e. The molecule has 0 atom stereocenters. The summed E-state index contributed by atoms with van der Waals surface area (Å²) in [6.07, 6.45) is 3.04. The van der Waals surface area contributed by atoms with Gasteiger partial charge in [0.15, 0.2) is 11.3 Å². The van der Waals surface area contributed by atoms with Gasteiger partial charge in [0.1, 0.15) is 0 Å². The van der Waals surface area contributed by atoms with E-state index in [4.69, 9.17) is 4.52 Å². The summed E-state index contributed by atoms with van der Waals surface area (Å²) >= 11 is 0. The number of aromatic nitrogens is 2. The smallest absolute Gasteiger partial charge is 0.356 e. The Morgan fingerprint density at radius 3 is 3.15 bits per heavy atom. The summed E-state index contributed by atoms with van der Waals surface area (Å²) in [6.45, 7) is 0. The number of ether oxygens (including phenoxy) is 1. The number of carbonyl (C=O) groups is 1. The van der Waals surface area contributed by atoms with Crippen molar-refractivity contribution in [3.8, 4) is 0 Å². The van der Waals surface area contributed by atoms with Crippen LogP contribution in [0.3, 0.4) is 0 Å². The van der Waals surface area contributed by atoms with E-state index in [1.165, 1.54) is 25.6 Å². The highest BCUT2D eigenvalue weighted by molar-refractivity contribution is 5.90. The summed E-state index contributed by atoms with van der Waals surface area (Å²) in [5.41, 5.74) is 0.738. The molecule has 0 N–H and O–H groups in total. The minimum absolute atomic E-state index is 0.215. The van der Waals surface area contributed by atoms with E-state index in [0.717, 1.165) is 5.39 Å². The van der Waals surface area contributed by atoms with Crippen LogP contribution in [0.4, 0.5) is 0 Å². The molecule has 0 aliphatic carbocycles. The molecular weight excluding hydrogens is 172 g/mol. The number of pyridine rings is 1. The number of hydrogen-bond acceptors (Lipinski definition) is 5. The Morgan fingerprint density at radius 1 is 1.54 bits per heavy atom. The van der Waals surface area contributed by atoms with Crippen LogP contribution in [0.2, 0.25) is 0 Å². The molecule has 66 valence electrons. The fourth-order valence-electron chi connectivity index (χ4n) is 0.980. The van der Waals surface area contributed by atoms with Crippen LogP contribution in [0.15, 0.2) is 23.0 Å². The van der Waals surface area contributed by atoms with Crippen LogP contribution in [0.1, 0.15) is 10.5 Å². The monoisotopic (exact) mass is 178 g/mol. The van der Waals surface area contributed by atoms with Crippen LogP contribution in [0.25, 0.3) is 11.0 Å². The van der Waals surface area contributed by atoms with Crippen LogP contribution < -0.4 is 0 Å². The Hall–Kier alpha value is -1.91. The molecule has 5 nitrogen and oxygen atoms in total. The van der Waals surface area contributed by atoms with Gasteiger partial charge in [0.05, 0.1) is 18.7 Å². The third-order valence-corrected chi connectivity index (χ3v) is 1.63. The van der Waals surface area contributed by atoms with Gasteiger partial charge >= 0.3 is 5.97 Å². The van der Waals surface area contributed by atoms with E-state index < -0.39 is 5.97 Å². The lowest BCUT2D eigenvalue weighted by molar-refractivity contribution is 0.0594. The van der Waals surface area contributed by atoms with E-state index >= 15 is 0 Å². The molecule has 13 heavy (non-hydrogen) atoms. The van der Waals surface area contributed by atoms with Crippen LogP contribution in [-0.4, -0.2) is 23.2 Å². The zero-order chi connectivity index (χ0) is 9.26. The molecular formula is C8H6N2O3. The second-order valence-electron chi connectivity index (χ2n) is 2.42. The Bertz CT molecular complexity index is 449. The first-order valence-electron chi connectivity index (χ1n) is 3.60. The highest BCUT2D eigenvalue weighted by atomic mass is 16.5. The lowest BCUT2D eigenvalue weighted by Crippen LogP contribution is -2.03. The normalized spacial score (nSPS) is 10.2. The van der Waals surface area contributed by atoms with E-state index in [-0.39, 0.29) is 5.69 Å². The molecule has 0 amide bonds. The average molecular weight is 178 g/mol. The van der Waals surface area contributed by atoms with Gasteiger partial charge in [-0.2, -0.15) is 0 Å². The molecule has 2 rings (SSSR count). The summed E-state index contributed by atoms with van der Waals surface area (Å²) in [5.74, 6) is -0.488. The molecule has 2 aromatic heterocycles. The molecule has 0 aromatic carbocycles. The van der Waals surface area contributed by atoms with Gasteiger partial charge < -0.3 is 9.26 Å². The summed E-state index contributed by atoms with van der Waals surface area (Å²) in [4.78, 5) is 14.9. The number of hydrogen-bond donors (Lipinski definition) is 0. The van der Waals surface area contributed by atoms with Gasteiger partial charge in [0.25, 0.3) is 0 Å². The number of esters is 1. The standard InChI is InChI=1S/C8H6N2O3/c1-12-8(11)6-2-7-5(3-9-6)4-10-13-7/h2-4H,1H3. The first-order valence-corrected chi connectivity index (χ1v) is 3.60. The number of carbonyl (C=O) groups excluding carboxylic acids is 1. The number of fused-ring (bicyclic) bond motifs is 1. The van der Waals surface area contributed by atoms with E-state index in [9.17, 15) is 4.79 Å². The van der Waals surface area contributed by atoms with Crippen molar-refractivity contribution >= 4 is 16.9 Å². The van der Waals surface area contributed by atoms with Crippen molar-refractivity contribution in [1.29, 1.82) is 0 Å². The Kier molecular flexibility index (Phi) is 1.70. The quantitative estimate of drug-likeness (QED) is 0.609. The van der Waals surface area contributed by atoms with Crippen molar-refractivity contribution in [2.45, 2.75) is 0 Å². The molecule has 2 heterocycles. The summed E-state index contributed by atoms with van der Waals surface area (Å²) in [7, 11) is 1.30. The van der Waals surface area contributed by atoms with Gasteiger partial charge in [0, 0.05) is 12.3 Å². The Labute approximate surface area is 73.3 Å². The molecule has 0 fully saturated rings. The highest BCUT2D eigenvalue weighted by Gasteiger charge is 2.09. The van der Waals surface area contributed by atoms with Gasteiger partial charge in [-0.3, -0.25) is 0 Å². The lowest BCUT2D eigenvalue weighted by Gasteiger charge is -1.95. The van der Waals surface area contributed by atoms with E-state index in [2.05, 4.69) is 14.9 Å². The average Bonchev–Trinajstić information content (AvgIpc) is 2.63. The SMILES string of the molecule is COC(=O)c1cc2oncc2cn1. The molecule has 0 saturated carbocycles. The molecule has 0 aliphatic heterocycles.